The van der Waals surface area contributed by atoms with Crippen molar-refractivity contribution >= 4 is 17.2 Å². The van der Waals surface area contributed by atoms with Crippen LogP contribution < -0.4 is 10.6 Å². The zero-order chi connectivity index (χ0) is 5.66. The lowest BCUT2D eigenvalue weighted by Crippen LogP contribution is -2.28. The molecule has 0 bridgehead atoms. The van der Waals surface area contributed by atoms with Gasteiger partial charge in [0.1, 0.15) is 0 Å². The summed E-state index contributed by atoms with van der Waals surface area (Å²) in [5.41, 5.74) is 0. The SMILES string of the molecule is C1NCPCPCN1. The number of hydrogen-bond acceptors (Lipinski definition) is 2. The van der Waals surface area contributed by atoms with Crippen molar-refractivity contribution in [3.8, 4) is 0 Å². The first-order valence-electron chi connectivity index (χ1n) is 2.83. The van der Waals surface area contributed by atoms with Gasteiger partial charge in [0.2, 0.25) is 0 Å². The molecule has 0 spiro atoms. The van der Waals surface area contributed by atoms with E-state index in [1.165, 1.54) is 18.5 Å². The normalized spacial score (nSPS) is 30.0. The highest BCUT2D eigenvalue weighted by Gasteiger charge is 1.92. The van der Waals surface area contributed by atoms with Crippen LogP contribution in [0.2, 0.25) is 0 Å². The maximum atomic E-state index is 3.29. The summed E-state index contributed by atoms with van der Waals surface area (Å²) in [5.74, 6) is 1.43. The van der Waals surface area contributed by atoms with Gasteiger partial charge < -0.3 is 10.6 Å². The fourth-order valence-electron chi connectivity index (χ4n) is 0.604. The Morgan fingerprint density at radius 3 is 2.25 bits per heavy atom. The van der Waals surface area contributed by atoms with Gasteiger partial charge in [-0.15, -0.1) is 17.2 Å². The van der Waals surface area contributed by atoms with Crippen LogP contribution >= 0.6 is 17.2 Å². The van der Waals surface area contributed by atoms with E-state index in [0.717, 1.165) is 23.8 Å². The van der Waals surface area contributed by atoms with Crippen LogP contribution in [0.1, 0.15) is 0 Å². The Hall–Kier alpha value is 0.780. The first-order valence-corrected chi connectivity index (χ1v) is 5.66. The summed E-state index contributed by atoms with van der Waals surface area (Å²) in [7, 11) is 2.30. The third-order valence-corrected chi connectivity index (χ3v) is 4.00. The number of nitrogens with one attached hydrogen (secondary N) is 2. The molecule has 1 saturated heterocycles. The molecule has 0 aromatic rings. The Balaban J connectivity index is 2.00. The summed E-state index contributed by atoms with van der Waals surface area (Å²) < 4.78 is 0. The molecule has 0 aromatic heterocycles. The second-order valence-electron chi connectivity index (χ2n) is 1.71. The van der Waals surface area contributed by atoms with E-state index in [-0.39, 0.29) is 0 Å². The maximum absolute atomic E-state index is 3.29. The minimum Gasteiger partial charge on any atom is -0.301 e. The Morgan fingerprint density at radius 2 is 1.62 bits per heavy atom. The van der Waals surface area contributed by atoms with Crippen molar-refractivity contribution < 1.29 is 0 Å². The van der Waals surface area contributed by atoms with E-state index in [4.69, 9.17) is 0 Å². The van der Waals surface area contributed by atoms with Crippen LogP contribution in [0.4, 0.5) is 0 Å². The fourth-order valence-corrected chi connectivity index (χ4v) is 2.91. The van der Waals surface area contributed by atoms with Crippen LogP contribution in [0.5, 0.6) is 0 Å². The molecule has 0 aliphatic carbocycles. The highest BCUT2D eigenvalue weighted by molar-refractivity contribution is 7.56. The van der Waals surface area contributed by atoms with Gasteiger partial charge in [0, 0.05) is 19.2 Å². The van der Waals surface area contributed by atoms with Crippen molar-refractivity contribution in [3.63, 3.8) is 0 Å². The van der Waals surface area contributed by atoms with Crippen molar-refractivity contribution in [1.82, 2.24) is 10.6 Å². The molecule has 2 unspecified atom stereocenters. The molecule has 2 N–H and O–H groups in total. The topological polar surface area (TPSA) is 24.1 Å². The first kappa shape index (κ1) is 6.89. The van der Waals surface area contributed by atoms with Crippen LogP contribution in [0.3, 0.4) is 0 Å². The van der Waals surface area contributed by atoms with Crippen molar-refractivity contribution in [2.75, 3.05) is 25.1 Å². The summed E-state index contributed by atoms with van der Waals surface area (Å²) in [4.78, 5) is 0. The van der Waals surface area contributed by atoms with Crippen LogP contribution in [0.15, 0.2) is 0 Å². The molecule has 1 aliphatic heterocycles. The molecule has 4 heteroatoms. The van der Waals surface area contributed by atoms with Gasteiger partial charge in [-0.05, 0) is 5.90 Å². The Morgan fingerprint density at radius 1 is 1.00 bits per heavy atom. The van der Waals surface area contributed by atoms with Gasteiger partial charge in [0.15, 0.2) is 0 Å². The molecule has 8 heavy (non-hydrogen) atoms. The molecular weight excluding hydrogens is 138 g/mol. The van der Waals surface area contributed by atoms with Gasteiger partial charge in [-0.1, -0.05) is 0 Å². The predicted molar refractivity (Wildman–Crippen MR) is 42.4 cm³/mol. The summed E-state index contributed by atoms with van der Waals surface area (Å²) >= 11 is 0. The third kappa shape index (κ3) is 2.94. The largest absolute Gasteiger partial charge is 0.301 e. The van der Waals surface area contributed by atoms with Gasteiger partial charge >= 0.3 is 0 Å². The first-order chi connectivity index (χ1) is 4.00. The molecule has 1 rings (SSSR count). The highest BCUT2D eigenvalue weighted by Crippen LogP contribution is 2.21. The maximum Gasteiger partial charge on any atom is 0.0459 e. The quantitative estimate of drug-likeness (QED) is 0.487. The molecular formula is C4H12N2P2. The molecule has 1 aliphatic rings. The predicted octanol–water partition coefficient (Wildman–Crippen LogP) is 0.366. The number of rotatable bonds is 0. The molecule has 0 aromatic carbocycles. The summed E-state index contributed by atoms with van der Waals surface area (Å²) in [5, 5.41) is 6.59. The van der Waals surface area contributed by atoms with E-state index in [9.17, 15) is 0 Å². The molecule has 48 valence electrons. The van der Waals surface area contributed by atoms with Crippen molar-refractivity contribution in [3.05, 3.63) is 0 Å². The average molecular weight is 150 g/mol. The zero-order valence-corrected chi connectivity index (χ0v) is 6.83. The molecule has 0 radical (unpaired) electrons. The van der Waals surface area contributed by atoms with E-state index in [1.54, 1.807) is 0 Å². The zero-order valence-electron chi connectivity index (χ0n) is 4.83. The van der Waals surface area contributed by atoms with Gasteiger partial charge in [0.05, 0.1) is 0 Å². The van der Waals surface area contributed by atoms with Crippen LogP contribution in [-0.2, 0) is 0 Å². The molecule has 0 amide bonds. The van der Waals surface area contributed by atoms with Crippen molar-refractivity contribution in [2.24, 2.45) is 0 Å². The van der Waals surface area contributed by atoms with E-state index in [2.05, 4.69) is 10.6 Å². The van der Waals surface area contributed by atoms with Crippen molar-refractivity contribution in [2.45, 2.75) is 0 Å². The number of hydrogen-bond donors (Lipinski definition) is 2. The lowest BCUT2D eigenvalue weighted by molar-refractivity contribution is 0.679. The second-order valence-corrected chi connectivity index (χ2v) is 4.83. The fraction of sp³-hybridized carbons (Fsp3) is 1.00. The molecule has 2 nitrogen and oxygen atoms in total. The van der Waals surface area contributed by atoms with Gasteiger partial charge in [0.25, 0.3) is 0 Å². The van der Waals surface area contributed by atoms with Crippen LogP contribution in [-0.4, -0.2) is 25.1 Å². The average Bonchev–Trinajstić information content (AvgIpc) is 1.62. The molecule has 1 heterocycles. The minimum atomic E-state index is 1.01. The van der Waals surface area contributed by atoms with Gasteiger partial charge in [-0.2, -0.15) is 0 Å². The van der Waals surface area contributed by atoms with Crippen LogP contribution in [0.25, 0.3) is 0 Å². The highest BCUT2D eigenvalue weighted by atomic mass is 31.1. The molecule has 1 fully saturated rings. The summed E-state index contributed by atoms with van der Waals surface area (Å²) in [6.07, 6.45) is 2.44. The van der Waals surface area contributed by atoms with E-state index in [0.29, 0.717) is 0 Å². The Bertz CT molecular complexity index is 36.0. The van der Waals surface area contributed by atoms with E-state index in [1.807, 2.05) is 0 Å². The monoisotopic (exact) mass is 150 g/mol. The molecule has 0 saturated carbocycles. The summed E-state index contributed by atoms with van der Waals surface area (Å²) in [6, 6.07) is 0. The lowest BCUT2D eigenvalue weighted by Gasteiger charge is -2.10. The second kappa shape index (κ2) is 4.64. The lowest BCUT2D eigenvalue weighted by atomic mass is 11.0. The summed E-state index contributed by atoms with van der Waals surface area (Å²) in [6.45, 7) is 1.01. The van der Waals surface area contributed by atoms with E-state index < -0.39 is 0 Å². The van der Waals surface area contributed by atoms with Crippen molar-refractivity contribution in [1.29, 1.82) is 0 Å². The smallest absolute Gasteiger partial charge is 0.0459 e. The van der Waals surface area contributed by atoms with E-state index >= 15 is 0 Å². The van der Waals surface area contributed by atoms with Gasteiger partial charge in [-0.25, -0.2) is 0 Å². The standard InChI is InChI=1S/C4H12N2P2/c1-5-2-7-4-8-3-6-1/h5-8H,1-4H2. The Labute approximate surface area is 53.8 Å². The minimum absolute atomic E-state index is 1.01. The third-order valence-electron chi connectivity index (χ3n) is 1.000. The van der Waals surface area contributed by atoms with Gasteiger partial charge in [-0.3, -0.25) is 0 Å². The Kier molecular flexibility index (Phi) is 4.00. The molecule has 2 atom stereocenters. The van der Waals surface area contributed by atoms with Crippen LogP contribution in [0, 0.1) is 0 Å².